The summed E-state index contributed by atoms with van der Waals surface area (Å²) in [7, 11) is 0. The van der Waals surface area contributed by atoms with Crippen LogP contribution in [0, 0.1) is 11.8 Å². The molecule has 0 atom stereocenters. The number of hydrogen-bond donors (Lipinski definition) is 1. The average molecular weight is 451 g/mol. The molecule has 1 aromatic heterocycles. The van der Waals surface area contributed by atoms with E-state index in [1.807, 2.05) is 0 Å². The number of fused-ring (bicyclic) bond motifs is 1. The number of hydrogen-bond acceptors (Lipinski definition) is 8. The molecule has 32 heavy (non-hydrogen) atoms. The lowest BCUT2D eigenvalue weighted by molar-refractivity contribution is -0.620. The maximum absolute atomic E-state index is 7.47. The van der Waals surface area contributed by atoms with Crippen molar-refractivity contribution >= 4 is 0 Å². The molecule has 4 rings (SSSR count). The van der Waals surface area contributed by atoms with Crippen LogP contribution < -0.4 is 4.74 Å². The highest BCUT2D eigenvalue weighted by molar-refractivity contribution is 5.16. The lowest BCUT2D eigenvalue weighted by Crippen LogP contribution is -2.47. The Balaban J connectivity index is 0.000000312. The molecule has 2 fully saturated rings. The zero-order valence-electron chi connectivity index (χ0n) is 19.3. The van der Waals surface area contributed by atoms with Gasteiger partial charge in [0.25, 0.3) is 0 Å². The van der Waals surface area contributed by atoms with Gasteiger partial charge in [-0.1, -0.05) is 12.3 Å². The largest absolute Gasteiger partial charge is 0.475 e. The van der Waals surface area contributed by atoms with Gasteiger partial charge in [-0.15, -0.1) is 11.0 Å². The van der Waals surface area contributed by atoms with Gasteiger partial charge in [-0.3, -0.25) is 9.58 Å². The van der Waals surface area contributed by atoms with Gasteiger partial charge >= 0.3 is 0 Å². The first-order chi connectivity index (χ1) is 15.8. The van der Waals surface area contributed by atoms with Crippen LogP contribution in [0.1, 0.15) is 57.6 Å². The lowest BCUT2D eigenvalue weighted by atomic mass is 10.00. The molecule has 1 aromatic rings. The van der Waals surface area contributed by atoms with Gasteiger partial charge < -0.3 is 9.64 Å². The molecule has 180 valence electrons. The molecular weight excluding hydrogens is 412 g/mol. The van der Waals surface area contributed by atoms with Crippen LogP contribution in [-0.4, -0.2) is 76.8 Å². The summed E-state index contributed by atoms with van der Waals surface area (Å²) in [5.41, 5.74) is 1.35. The minimum absolute atomic E-state index is 0.0804. The van der Waals surface area contributed by atoms with Crippen molar-refractivity contribution < 1.29 is 25.0 Å². The van der Waals surface area contributed by atoms with Gasteiger partial charge in [0.15, 0.2) is 0 Å². The summed E-state index contributed by atoms with van der Waals surface area (Å²) in [5.74, 6) is 5.86. The summed E-state index contributed by atoms with van der Waals surface area (Å²) in [6.45, 7) is 9.72. The SMILES string of the molecule is CC#CCOOOO.c1c(OCCN2CCC(N3CCCCC3)CC2)nn2c1CCCC2. The molecule has 9 heteroatoms. The molecule has 0 bridgehead atoms. The highest BCUT2D eigenvalue weighted by atomic mass is 17.6. The smallest absolute Gasteiger partial charge is 0.233 e. The number of ether oxygens (including phenoxy) is 1. The van der Waals surface area contributed by atoms with E-state index in [2.05, 4.69) is 52.5 Å². The number of aromatic nitrogens is 2. The number of piperidine rings is 2. The zero-order chi connectivity index (χ0) is 22.4. The minimum Gasteiger partial charge on any atom is -0.475 e. The predicted molar refractivity (Wildman–Crippen MR) is 120 cm³/mol. The van der Waals surface area contributed by atoms with Gasteiger partial charge in [0.05, 0.1) is 0 Å². The van der Waals surface area contributed by atoms with Crippen LogP contribution in [0.3, 0.4) is 0 Å². The summed E-state index contributed by atoms with van der Waals surface area (Å²) < 4.78 is 8.05. The van der Waals surface area contributed by atoms with E-state index < -0.39 is 0 Å². The van der Waals surface area contributed by atoms with E-state index in [1.54, 1.807) is 6.92 Å². The summed E-state index contributed by atoms with van der Waals surface area (Å²) >= 11 is 0. The first-order valence-corrected chi connectivity index (χ1v) is 12.0. The molecule has 2 saturated heterocycles. The van der Waals surface area contributed by atoms with Crippen molar-refractivity contribution in [3.63, 3.8) is 0 Å². The van der Waals surface area contributed by atoms with Crippen molar-refractivity contribution in [1.29, 1.82) is 0 Å². The highest BCUT2D eigenvalue weighted by Crippen LogP contribution is 2.21. The third-order valence-electron chi connectivity index (χ3n) is 6.40. The van der Waals surface area contributed by atoms with Crippen molar-refractivity contribution in [2.45, 2.75) is 70.9 Å². The van der Waals surface area contributed by atoms with E-state index in [1.165, 1.54) is 76.8 Å². The van der Waals surface area contributed by atoms with Crippen molar-refractivity contribution in [3.05, 3.63) is 11.8 Å². The molecule has 0 spiro atoms. The molecule has 0 saturated carbocycles. The topological polar surface area (TPSA) is 81.5 Å². The van der Waals surface area contributed by atoms with Gasteiger partial charge in [0, 0.05) is 30.9 Å². The zero-order valence-corrected chi connectivity index (χ0v) is 19.3. The van der Waals surface area contributed by atoms with Crippen LogP contribution in [0.15, 0.2) is 6.07 Å². The Labute approximate surface area is 191 Å². The minimum atomic E-state index is 0.0804. The maximum Gasteiger partial charge on any atom is 0.233 e. The van der Waals surface area contributed by atoms with Gasteiger partial charge in [-0.05, 0) is 88.1 Å². The van der Waals surface area contributed by atoms with Crippen molar-refractivity contribution in [2.24, 2.45) is 0 Å². The molecule has 3 aliphatic rings. The second kappa shape index (κ2) is 14.5. The van der Waals surface area contributed by atoms with E-state index in [9.17, 15) is 0 Å². The third kappa shape index (κ3) is 8.35. The Hall–Kier alpha value is -1.67. The van der Waals surface area contributed by atoms with Crippen LogP contribution in [-0.2, 0) is 27.9 Å². The monoisotopic (exact) mass is 450 g/mol. The Kier molecular flexibility index (Phi) is 11.3. The van der Waals surface area contributed by atoms with Crippen LogP contribution in [0.2, 0.25) is 0 Å². The number of rotatable bonds is 8. The fraction of sp³-hybridized carbons (Fsp3) is 0.783. The average Bonchev–Trinajstić information content (AvgIpc) is 3.26. The maximum atomic E-state index is 7.47. The molecule has 4 heterocycles. The van der Waals surface area contributed by atoms with E-state index in [0.29, 0.717) is 0 Å². The Morgan fingerprint density at radius 2 is 1.84 bits per heavy atom. The second-order valence-corrected chi connectivity index (χ2v) is 8.50. The predicted octanol–water partition coefficient (Wildman–Crippen LogP) is 2.91. The van der Waals surface area contributed by atoms with Crippen molar-refractivity contribution in [1.82, 2.24) is 19.6 Å². The van der Waals surface area contributed by atoms with Gasteiger partial charge in [0.2, 0.25) is 5.88 Å². The first-order valence-electron chi connectivity index (χ1n) is 12.0. The molecule has 0 radical (unpaired) electrons. The second-order valence-electron chi connectivity index (χ2n) is 8.50. The summed E-state index contributed by atoms with van der Waals surface area (Å²) in [6, 6.07) is 2.98. The molecule has 0 amide bonds. The third-order valence-corrected chi connectivity index (χ3v) is 6.40. The molecule has 0 aromatic carbocycles. The molecule has 3 aliphatic heterocycles. The standard InChI is InChI=1S/C19H32N4O.C4H6O4/c1-3-9-22(10-4-1)17-7-12-21(13-8-17)14-15-24-19-16-18-6-2-5-11-23(18)20-19;1-2-3-4-6-8-7-5/h16-17H,1-15H2;5H,4H2,1H3. The number of likely N-dealkylation sites (tertiary alicyclic amines) is 2. The summed E-state index contributed by atoms with van der Waals surface area (Å²) in [6.07, 6.45) is 10.6. The molecule has 9 nitrogen and oxygen atoms in total. The lowest BCUT2D eigenvalue weighted by Gasteiger charge is -2.40. The van der Waals surface area contributed by atoms with Gasteiger partial charge in [-0.25, -0.2) is 5.26 Å². The van der Waals surface area contributed by atoms with Crippen LogP contribution in [0.4, 0.5) is 0 Å². The fourth-order valence-corrected chi connectivity index (χ4v) is 4.68. The van der Waals surface area contributed by atoms with Crippen LogP contribution in [0.5, 0.6) is 5.88 Å². The van der Waals surface area contributed by atoms with Crippen molar-refractivity contribution in [2.75, 3.05) is 45.9 Å². The Bertz CT molecular complexity index is 679. The van der Waals surface area contributed by atoms with E-state index in [-0.39, 0.29) is 6.61 Å². The van der Waals surface area contributed by atoms with E-state index >= 15 is 0 Å². The fourth-order valence-electron chi connectivity index (χ4n) is 4.68. The van der Waals surface area contributed by atoms with Crippen LogP contribution >= 0.6 is 0 Å². The molecule has 1 N–H and O–H groups in total. The molecule has 0 unspecified atom stereocenters. The highest BCUT2D eigenvalue weighted by Gasteiger charge is 2.25. The molecule has 0 aliphatic carbocycles. The Morgan fingerprint density at radius 1 is 1.06 bits per heavy atom. The Morgan fingerprint density at radius 3 is 2.56 bits per heavy atom. The van der Waals surface area contributed by atoms with Crippen LogP contribution in [0.25, 0.3) is 0 Å². The summed E-state index contributed by atoms with van der Waals surface area (Å²) in [4.78, 5) is 9.39. The van der Waals surface area contributed by atoms with E-state index in [4.69, 9.17) is 9.99 Å². The first kappa shape index (κ1) is 25.0. The van der Waals surface area contributed by atoms with Crippen molar-refractivity contribution in [3.8, 4) is 17.7 Å². The number of nitrogens with zero attached hydrogens (tertiary/aromatic N) is 4. The number of aryl methyl sites for hydroxylation is 2. The van der Waals surface area contributed by atoms with Gasteiger partial charge in [-0.2, -0.15) is 4.89 Å². The van der Waals surface area contributed by atoms with Gasteiger partial charge in [0.1, 0.15) is 13.2 Å². The molecular formula is C23H38N4O5. The quantitative estimate of drug-likeness (QED) is 0.280. The van der Waals surface area contributed by atoms with E-state index in [0.717, 1.165) is 38.0 Å². The summed E-state index contributed by atoms with van der Waals surface area (Å²) in [5, 5.41) is 18.7. The normalized spacial score (nSPS) is 19.9.